The first-order chi connectivity index (χ1) is 8.66. The molecule has 1 aromatic rings. The number of nitrogens with one attached hydrogen (secondary N) is 1. The van der Waals surface area contributed by atoms with E-state index < -0.39 is 6.10 Å². The van der Waals surface area contributed by atoms with Crippen molar-refractivity contribution in [2.24, 2.45) is 5.92 Å². The van der Waals surface area contributed by atoms with Crippen LogP contribution in [0.25, 0.3) is 0 Å². The van der Waals surface area contributed by atoms with E-state index in [2.05, 4.69) is 19.2 Å². The van der Waals surface area contributed by atoms with Crippen LogP contribution in [0.15, 0.2) is 24.3 Å². The lowest BCUT2D eigenvalue weighted by Crippen LogP contribution is -2.28. The molecule has 1 aliphatic heterocycles. The molecule has 3 heteroatoms. The van der Waals surface area contributed by atoms with Crippen molar-refractivity contribution in [2.75, 3.05) is 13.2 Å². The monoisotopic (exact) mass is 249 g/mol. The Morgan fingerprint density at radius 1 is 1.33 bits per heavy atom. The Labute approximate surface area is 109 Å². The van der Waals surface area contributed by atoms with E-state index in [1.165, 1.54) is 0 Å². The van der Waals surface area contributed by atoms with E-state index in [4.69, 9.17) is 4.74 Å². The Kier molecular flexibility index (Phi) is 4.61. The molecule has 0 bridgehead atoms. The number of ether oxygens (including phenoxy) is 1. The van der Waals surface area contributed by atoms with Gasteiger partial charge in [-0.05, 0) is 43.0 Å². The van der Waals surface area contributed by atoms with Crippen LogP contribution in [0.2, 0.25) is 0 Å². The third-order valence-corrected chi connectivity index (χ3v) is 3.28. The Morgan fingerprint density at radius 3 is 2.61 bits per heavy atom. The predicted octanol–water partition coefficient (Wildman–Crippen LogP) is 2.51. The average molecular weight is 249 g/mol. The van der Waals surface area contributed by atoms with Gasteiger partial charge in [0.2, 0.25) is 0 Å². The summed E-state index contributed by atoms with van der Waals surface area (Å²) in [5.41, 5.74) is 0.964. The van der Waals surface area contributed by atoms with E-state index >= 15 is 0 Å². The van der Waals surface area contributed by atoms with Crippen molar-refractivity contribution in [3.05, 3.63) is 29.8 Å². The third-order valence-electron chi connectivity index (χ3n) is 3.28. The second-order valence-electron chi connectivity index (χ2n) is 5.42. The molecular formula is C15H23NO2. The summed E-state index contributed by atoms with van der Waals surface area (Å²) >= 11 is 0. The summed E-state index contributed by atoms with van der Waals surface area (Å²) in [7, 11) is 0. The zero-order valence-electron chi connectivity index (χ0n) is 11.2. The fraction of sp³-hybridized carbons (Fsp3) is 0.600. The Hall–Kier alpha value is -1.06. The molecule has 0 amide bonds. The van der Waals surface area contributed by atoms with Gasteiger partial charge in [-0.2, -0.15) is 0 Å². The van der Waals surface area contributed by atoms with Gasteiger partial charge in [0.05, 0.1) is 12.7 Å². The first kappa shape index (κ1) is 13.4. The number of aliphatic hydroxyl groups excluding tert-OH is 1. The lowest BCUT2D eigenvalue weighted by atomic mass is 10.0. The minimum Gasteiger partial charge on any atom is -0.493 e. The van der Waals surface area contributed by atoms with Crippen LogP contribution in [-0.4, -0.2) is 24.3 Å². The van der Waals surface area contributed by atoms with Crippen LogP contribution in [0.3, 0.4) is 0 Å². The minimum absolute atomic E-state index is 0.201. The molecule has 1 aliphatic rings. The number of benzene rings is 1. The molecule has 0 spiro atoms. The molecule has 2 rings (SSSR count). The Morgan fingerprint density at radius 2 is 2.06 bits per heavy atom. The van der Waals surface area contributed by atoms with Gasteiger partial charge in [0.1, 0.15) is 5.75 Å². The average Bonchev–Trinajstić information content (AvgIpc) is 2.90. The summed E-state index contributed by atoms with van der Waals surface area (Å²) in [4.78, 5) is 0. The van der Waals surface area contributed by atoms with E-state index in [1.807, 2.05) is 24.3 Å². The van der Waals surface area contributed by atoms with Gasteiger partial charge in [-0.15, -0.1) is 0 Å². The van der Waals surface area contributed by atoms with E-state index in [9.17, 15) is 5.11 Å². The molecule has 0 radical (unpaired) electrons. The highest BCUT2D eigenvalue weighted by Crippen LogP contribution is 2.24. The molecule has 1 fully saturated rings. The summed E-state index contributed by atoms with van der Waals surface area (Å²) < 4.78 is 5.63. The standard InChI is InChI=1S/C15H23NO2/c1-11(2)10-18-13-7-5-12(6-8-13)15(17)14-4-3-9-16-14/h5-8,11,14-17H,3-4,9-10H2,1-2H3. The molecule has 2 atom stereocenters. The van der Waals surface area contributed by atoms with Crippen LogP contribution >= 0.6 is 0 Å². The Balaban J connectivity index is 1.93. The summed E-state index contributed by atoms with van der Waals surface area (Å²) in [6.45, 7) is 6.00. The molecule has 1 heterocycles. The van der Waals surface area contributed by atoms with Gasteiger partial charge in [-0.3, -0.25) is 0 Å². The van der Waals surface area contributed by atoms with E-state index in [0.29, 0.717) is 5.92 Å². The fourth-order valence-electron chi connectivity index (χ4n) is 2.24. The smallest absolute Gasteiger partial charge is 0.119 e. The maximum Gasteiger partial charge on any atom is 0.119 e. The molecule has 2 N–H and O–H groups in total. The molecule has 0 aliphatic carbocycles. The zero-order valence-corrected chi connectivity index (χ0v) is 11.2. The summed E-state index contributed by atoms with van der Waals surface area (Å²) in [5.74, 6) is 1.40. The van der Waals surface area contributed by atoms with Crippen molar-refractivity contribution in [2.45, 2.75) is 38.8 Å². The first-order valence-corrected chi connectivity index (χ1v) is 6.81. The quantitative estimate of drug-likeness (QED) is 0.842. The van der Waals surface area contributed by atoms with E-state index in [-0.39, 0.29) is 6.04 Å². The van der Waals surface area contributed by atoms with Gasteiger partial charge in [0.15, 0.2) is 0 Å². The number of aliphatic hydroxyl groups is 1. The van der Waals surface area contributed by atoms with Crippen molar-refractivity contribution in [3.63, 3.8) is 0 Å². The van der Waals surface area contributed by atoms with Crippen molar-refractivity contribution in [1.29, 1.82) is 0 Å². The summed E-state index contributed by atoms with van der Waals surface area (Å²) in [5, 5.41) is 13.6. The van der Waals surface area contributed by atoms with Gasteiger partial charge < -0.3 is 15.2 Å². The second-order valence-corrected chi connectivity index (χ2v) is 5.42. The van der Waals surface area contributed by atoms with Crippen LogP contribution in [0.1, 0.15) is 38.4 Å². The number of rotatable bonds is 5. The number of hydrogen-bond donors (Lipinski definition) is 2. The van der Waals surface area contributed by atoms with Crippen LogP contribution in [0.4, 0.5) is 0 Å². The topological polar surface area (TPSA) is 41.5 Å². The largest absolute Gasteiger partial charge is 0.493 e. The highest BCUT2D eigenvalue weighted by molar-refractivity contribution is 5.29. The summed E-state index contributed by atoms with van der Waals surface area (Å²) in [6.07, 6.45) is 1.79. The zero-order chi connectivity index (χ0) is 13.0. The lowest BCUT2D eigenvalue weighted by molar-refractivity contribution is 0.137. The SMILES string of the molecule is CC(C)COc1ccc(C(O)C2CCCN2)cc1. The molecule has 0 saturated carbocycles. The lowest BCUT2D eigenvalue weighted by Gasteiger charge is -2.19. The normalized spacial score (nSPS) is 21.2. The van der Waals surface area contributed by atoms with Crippen molar-refractivity contribution in [3.8, 4) is 5.75 Å². The molecule has 18 heavy (non-hydrogen) atoms. The third kappa shape index (κ3) is 3.47. The molecule has 3 nitrogen and oxygen atoms in total. The van der Waals surface area contributed by atoms with Gasteiger partial charge in [-0.1, -0.05) is 26.0 Å². The maximum atomic E-state index is 10.2. The molecule has 2 unspecified atom stereocenters. The van der Waals surface area contributed by atoms with Crippen LogP contribution < -0.4 is 10.1 Å². The molecule has 1 aromatic carbocycles. The maximum absolute atomic E-state index is 10.2. The van der Waals surface area contributed by atoms with E-state index in [1.54, 1.807) is 0 Å². The Bertz CT molecular complexity index is 355. The van der Waals surface area contributed by atoms with Gasteiger partial charge in [-0.25, -0.2) is 0 Å². The highest BCUT2D eigenvalue weighted by atomic mass is 16.5. The van der Waals surface area contributed by atoms with Crippen LogP contribution in [0, 0.1) is 5.92 Å². The van der Waals surface area contributed by atoms with E-state index in [0.717, 1.165) is 37.3 Å². The van der Waals surface area contributed by atoms with Crippen molar-refractivity contribution < 1.29 is 9.84 Å². The minimum atomic E-state index is -0.411. The van der Waals surface area contributed by atoms with Crippen LogP contribution in [-0.2, 0) is 0 Å². The highest BCUT2D eigenvalue weighted by Gasteiger charge is 2.23. The number of hydrogen-bond acceptors (Lipinski definition) is 3. The van der Waals surface area contributed by atoms with Gasteiger partial charge >= 0.3 is 0 Å². The van der Waals surface area contributed by atoms with Gasteiger partial charge in [0.25, 0.3) is 0 Å². The van der Waals surface area contributed by atoms with Crippen molar-refractivity contribution in [1.82, 2.24) is 5.32 Å². The predicted molar refractivity (Wildman–Crippen MR) is 72.8 cm³/mol. The molecule has 100 valence electrons. The van der Waals surface area contributed by atoms with Crippen molar-refractivity contribution >= 4 is 0 Å². The van der Waals surface area contributed by atoms with Gasteiger partial charge in [0, 0.05) is 6.04 Å². The molecule has 0 aromatic heterocycles. The fourth-order valence-corrected chi connectivity index (χ4v) is 2.24. The first-order valence-electron chi connectivity index (χ1n) is 6.81. The molecular weight excluding hydrogens is 226 g/mol. The van der Waals surface area contributed by atoms with Crippen LogP contribution in [0.5, 0.6) is 5.75 Å². The second kappa shape index (κ2) is 6.21. The molecule has 1 saturated heterocycles. The summed E-state index contributed by atoms with van der Waals surface area (Å²) in [6, 6.07) is 8.00.